The van der Waals surface area contributed by atoms with Crippen molar-refractivity contribution in [1.82, 2.24) is 8.96 Å². The Hall–Kier alpha value is -2.16. The normalized spacial score (nSPS) is 12.3. The summed E-state index contributed by atoms with van der Waals surface area (Å²) in [6, 6.07) is 11.1. The minimum absolute atomic E-state index is 0.0496. The van der Waals surface area contributed by atoms with E-state index >= 15 is 0 Å². The third-order valence-corrected chi connectivity index (χ3v) is 5.14. The van der Waals surface area contributed by atoms with E-state index in [1.165, 1.54) is 18.9 Å². The molecule has 25 heavy (non-hydrogen) atoms. The molecule has 0 bridgehead atoms. The highest BCUT2D eigenvalue weighted by Crippen LogP contribution is 2.27. The van der Waals surface area contributed by atoms with Crippen molar-refractivity contribution in [3.05, 3.63) is 59.4 Å². The Labute approximate surface area is 152 Å². The lowest BCUT2D eigenvalue weighted by Crippen LogP contribution is -2.06. The summed E-state index contributed by atoms with van der Waals surface area (Å²) in [6.07, 6.45) is 1.75. The van der Waals surface area contributed by atoms with Crippen LogP contribution in [-0.2, 0) is 17.0 Å². The van der Waals surface area contributed by atoms with E-state index in [0.717, 1.165) is 22.2 Å². The first-order valence-corrected chi connectivity index (χ1v) is 9.57. The molecule has 0 aliphatic heterocycles. The van der Waals surface area contributed by atoms with Crippen molar-refractivity contribution in [2.24, 2.45) is 0 Å². The molecule has 130 valence electrons. The molecule has 6 nitrogen and oxygen atoms in total. The summed E-state index contributed by atoms with van der Waals surface area (Å²) >= 11 is -0.673. The van der Waals surface area contributed by atoms with Gasteiger partial charge < -0.3 is 0 Å². The Morgan fingerprint density at radius 2 is 2.12 bits per heavy atom. The minimum Gasteiger partial charge on any atom is -0.295 e. The summed E-state index contributed by atoms with van der Waals surface area (Å²) in [5.74, 6) is 0.464. The molecule has 0 saturated carbocycles. The topological polar surface area (TPSA) is 84.2 Å². The number of carbonyl (C=O) groups excluding carboxylic acids is 1. The molecular weight excluding hydrogens is 358 g/mol. The fourth-order valence-electron chi connectivity index (χ4n) is 2.47. The highest BCUT2D eigenvalue weighted by molar-refractivity contribution is 7.97. The van der Waals surface area contributed by atoms with Crippen LogP contribution in [0.1, 0.15) is 28.4 Å². The standard InChI is InChI=1S/C17H17N3O3S2/c1-11-3-6-17-16(7-11)18-10-20(17)24-9-14-8-13(12(2)21)4-5-15(14)19-25(22)23/h3-8,10,19H,9H2,1-2H3,(H,22,23). The number of Topliss-reactive ketones (excluding diaryl/α,β-unsaturated/α-hetero) is 1. The molecule has 1 aromatic heterocycles. The van der Waals surface area contributed by atoms with Gasteiger partial charge in [0.1, 0.15) is 6.33 Å². The second kappa shape index (κ2) is 7.38. The SMILES string of the molecule is CC(=O)c1ccc(NS(=O)O)c(CSn2cnc3cc(C)ccc32)c1. The maximum absolute atomic E-state index is 11.6. The van der Waals surface area contributed by atoms with E-state index in [2.05, 4.69) is 9.71 Å². The Morgan fingerprint density at radius 1 is 1.32 bits per heavy atom. The van der Waals surface area contributed by atoms with Crippen molar-refractivity contribution in [3.8, 4) is 0 Å². The summed E-state index contributed by atoms with van der Waals surface area (Å²) in [4.78, 5) is 16.0. The van der Waals surface area contributed by atoms with E-state index < -0.39 is 11.3 Å². The summed E-state index contributed by atoms with van der Waals surface area (Å²) in [7, 11) is 0. The van der Waals surface area contributed by atoms with Crippen LogP contribution in [0, 0.1) is 6.92 Å². The molecule has 2 aromatic carbocycles. The molecule has 1 heterocycles. The zero-order valence-electron chi connectivity index (χ0n) is 13.7. The second-order valence-electron chi connectivity index (χ2n) is 5.62. The predicted octanol–water partition coefficient (Wildman–Crippen LogP) is 3.79. The maximum atomic E-state index is 11.6. The van der Waals surface area contributed by atoms with Gasteiger partial charge in [0.2, 0.25) is 0 Å². The van der Waals surface area contributed by atoms with Crippen LogP contribution in [0.2, 0.25) is 0 Å². The van der Waals surface area contributed by atoms with E-state index in [1.807, 2.05) is 29.1 Å². The molecular formula is C17H17N3O3S2. The van der Waals surface area contributed by atoms with Gasteiger partial charge in [-0.25, -0.2) is 9.19 Å². The number of imidazole rings is 1. The lowest BCUT2D eigenvalue weighted by Gasteiger charge is -2.11. The molecule has 1 atom stereocenters. The van der Waals surface area contributed by atoms with Crippen molar-refractivity contribution in [3.63, 3.8) is 0 Å². The first-order chi connectivity index (χ1) is 11.9. The molecule has 0 radical (unpaired) electrons. The molecule has 0 aliphatic carbocycles. The molecule has 0 aliphatic rings. The number of aryl methyl sites for hydroxylation is 1. The highest BCUT2D eigenvalue weighted by Gasteiger charge is 2.10. The zero-order chi connectivity index (χ0) is 18.0. The van der Waals surface area contributed by atoms with E-state index in [0.29, 0.717) is 17.0 Å². The lowest BCUT2D eigenvalue weighted by molar-refractivity contribution is 0.101. The summed E-state index contributed by atoms with van der Waals surface area (Å²) in [6.45, 7) is 3.51. The molecule has 0 amide bonds. The van der Waals surface area contributed by atoms with Crippen molar-refractivity contribution in [1.29, 1.82) is 0 Å². The molecule has 8 heteroatoms. The Bertz CT molecular complexity index is 969. The van der Waals surface area contributed by atoms with Crippen LogP contribution in [0.25, 0.3) is 11.0 Å². The lowest BCUT2D eigenvalue weighted by atomic mass is 10.1. The summed E-state index contributed by atoms with van der Waals surface area (Å²) in [5.41, 5.74) is 4.93. The maximum Gasteiger partial charge on any atom is 0.259 e. The fraction of sp³-hybridized carbons (Fsp3) is 0.176. The van der Waals surface area contributed by atoms with Gasteiger partial charge >= 0.3 is 0 Å². The van der Waals surface area contributed by atoms with Gasteiger partial charge in [0.25, 0.3) is 11.3 Å². The number of hydrogen-bond acceptors (Lipinski definition) is 4. The molecule has 3 rings (SSSR count). The Kier molecular flexibility index (Phi) is 5.22. The van der Waals surface area contributed by atoms with Crippen molar-refractivity contribution in [2.45, 2.75) is 19.6 Å². The smallest absolute Gasteiger partial charge is 0.259 e. The monoisotopic (exact) mass is 375 g/mol. The number of hydrogen-bond donors (Lipinski definition) is 2. The average molecular weight is 375 g/mol. The molecule has 2 N–H and O–H groups in total. The van der Waals surface area contributed by atoms with Crippen LogP contribution < -0.4 is 4.72 Å². The largest absolute Gasteiger partial charge is 0.295 e. The number of rotatable bonds is 6. The average Bonchev–Trinajstić information content (AvgIpc) is 2.95. The van der Waals surface area contributed by atoms with Gasteiger partial charge in [-0.15, -0.1) is 0 Å². The summed E-state index contributed by atoms with van der Waals surface area (Å²) < 4.78 is 24.6. The van der Waals surface area contributed by atoms with Gasteiger partial charge in [0.15, 0.2) is 5.78 Å². The number of nitrogens with zero attached hydrogens (tertiary/aromatic N) is 2. The van der Waals surface area contributed by atoms with E-state index in [1.54, 1.807) is 24.5 Å². The molecule has 1 unspecified atom stereocenters. The van der Waals surface area contributed by atoms with Crippen molar-refractivity contribution in [2.75, 3.05) is 4.72 Å². The number of nitrogens with one attached hydrogen (secondary N) is 1. The van der Waals surface area contributed by atoms with Gasteiger partial charge in [-0.1, -0.05) is 6.07 Å². The van der Waals surface area contributed by atoms with Gasteiger partial charge in [-0.3, -0.25) is 18.0 Å². The van der Waals surface area contributed by atoms with E-state index in [-0.39, 0.29) is 5.78 Å². The minimum atomic E-state index is -2.17. The molecule has 3 aromatic rings. The third kappa shape index (κ3) is 4.09. The van der Waals surface area contributed by atoms with Gasteiger partial charge in [0.05, 0.1) is 16.7 Å². The molecule has 0 fully saturated rings. The fourth-order valence-corrected chi connectivity index (χ4v) is 3.78. The first-order valence-electron chi connectivity index (χ1n) is 7.52. The molecule has 0 saturated heterocycles. The van der Waals surface area contributed by atoms with Gasteiger partial charge in [0, 0.05) is 11.3 Å². The first kappa shape index (κ1) is 17.7. The molecule has 0 spiro atoms. The third-order valence-electron chi connectivity index (χ3n) is 3.74. The van der Waals surface area contributed by atoms with Crippen LogP contribution in [-0.4, -0.2) is 23.5 Å². The van der Waals surface area contributed by atoms with Gasteiger partial charge in [-0.05, 0) is 67.3 Å². The van der Waals surface area contributed by atoms with Crippen molar-refractivity contribution >= 4 is 45.7 Å². The number of ketones is 1. The summed E-state index contributed by atoms with van der Waals surface area (Å²) in [5, 5.41) is 0. The highest BCUT2D eigenvalue weighted by atomic mass is 32.2. The Balaban J connectivity index is 1.88. The van der Waals surface area contributed by atoms with Crippen LogP contribution in [0.3, 0.4) is 0 Å². The van der Waals surface area contributed by atoms with Gasteiger partial charge in [-0.2, -0.15) is 0 Å². The quantitative estimate of drug-likeness (QED) is 0.506. The zero-order valence-corrected chi connectivity index (χ0v) is 15.4. The number of aromatic nitrogens is 2. The van der Waals surface area contributed by atoms with Crippen molar-refractivity contribution < 1.29 is 13.6 Å². The second-order valence-corrected chi connectivity index (χ2v) is 7.26. The number of anilines is 1. The van der Waals surface area contributed by atoms with Crippen LogP contribution in [0.15, 0.2) is 42.7 Å². The Morgan fingerprint density at radius 3 is 2.84 bits per heavy atom. The van der Waals surface area contributed by atoms with E-state index in [4.69, 9.17) is 4.55 Å². The van der Waals surface area contributed by atoms with Crippen LogP contribution in [0.5, 0.6) is 0 Å². The van der Waals surface area contributed by atoms with Crippen LogP contribution >= 0.6 is 11.9 Å². The predicted molar refractivity (Wildman–Crippen MR) is 102 cm³/mol. The van der Waals surface area contributed by atoms with E-state index in [9.17, 15) is 9.00 Å². The number of benzene rings is 2. The number of fused-ring (bicyclic) bond motifs is 1. The van der Waals surface area contributed by atoms with Crippen LogP contribution in [0.4, 0.5) is 5.69 Å². The number of carbonyl (C=O) groups is 1.